The second-order valence-electron chi connectivity index (χ2n) is 10.2. The number of aromatic nitrogens is 3. The van der Waals surface area contributed by atoms with Crippen molar-refractivity contribution >= 4 is 40.7 Å². The Morgan fingerprint density at radius 2 is 1.89 bits per heavy atom. The van der Waals surface area contributed by atoms with Crippen molar-refractivity contribution in [2.45, 2.75) is 44.3 Å². The molecule has 1 saturated carbocycles. The third kappa shape index (κ3) is 4.62. The van der Waals surface area contributed by atoms with E-state index in [1.165, 1.54) is 0 Å². The topological polar surface area (TPSA) is 114 Å². The highest BCUT2D eigenvalue weighted by Gasteiger charge is 2.50. The minimum atomic E-state index is -0.778. The molecule has 1 saturated heterocycles. The van der Waals surface area contributed by atoms with Crippen LogP contribution in [0.4, 0.5) is 39.2 Å². The maximum atomic E-state index is 14.5. The minimum Gasteiger partial charge on any atom is -0.474 e. The first-order chi connectivity index (χ1) is 17.8. The predicted octanol–water partition coefficient (Wildman–Crippen LogP) is 4.37. The van der Waals surface area contributed by atoms with Gasteiger partial charge >= 0.3 is 0 Å². The van der Waals surface area contributed by atoms with Crippen LogP contribution < -0.4 is 25.6 Å². The van der Waals surface area contributed by atoms with E-state index in [-0.39, 0.29) is 23.3 Å². The Morgan fingerprint density at radius 3 is 2.62 bits per heavy atom. The van der Waals surface area contributed by atoms with Gasteiger partial charge < -0.3 is 30.3 Å². The van der Waals surface area contributed by atoms with Gasteiger partial charge in [-0.05, 0) is 69.5 Å². The summed E-state index contributed by atoms with van der Waals surface area (Å²) in [6, 6.07) is 11.3. The number of morpholine rings is 1. The molecule has 10 nitrogen and oxygen atoms in total. The molecule has 1 aliphatic carbocycles. The highest BCUT2D eigenvalue weighted by atomic mass is 19.1. The fraction of sp³-hybridized carbons (Fsp3) is 0.385. The molecule has 0 unspecified atom stereocenters. The van der Waals surface area contributed by atoms with E-state index in [4.69, 9.17) is 9.47 Å². The lowest BCUT2D eigenvalue weighted by Gasteiger charge is -2.42. The number of rotatable bonds is 5. The van der Waals surface area contributed by atoms with Crippen molar-refractivity contribution in [2.24, 2.45) is 0 Å². The number of nitrogens with zero attached hydrogens (tertiary/aromatic N) is 4. The molecule has 3 aliphatic rings. The Labute approximate surface area is 213 Å². The van der Waals surface area contributed by atoms with Crippen LogP contribution in [0.25, 0.3) is 0 Å². The summed E-state index contributed by atoms with van der Waals surface area (Å²) in [5.41, 5.74) is 0.901. The Kier molecular flexibility index (Phi) is 5.59. The Balaban J connectivity index is 1.15. The van der Waals surface area contributed by atoms with Crippen LogP contribution in [0.3, 0.4) is 0 Å². The van der Waals surface area contributed by atoms with Crippen molar-refractivity contribution in [1.82, 2.24) is 15.0 Å². The highest BCUT2D eigenvalue weighted by molar-refractivity contribution is 6.00. The van der Waals surface area contributed by atoms with Crippen LogP contribution in [0.5, 0.6) is 5.75 Å². The van der Waals surface area contributed by atoms with Gasteiger partial charge in [0.1, 0.15) is 5.82 Å². The molecule has 2 aliphatic heterocycles. The number of carbonyl (C=O) groups excluding carboxylic acids is 1. The molecule has 1 aromatic carbocycles. The van der Waals surface area contributed by atoms with Crippen LogP contribution in [-0.2, 0) is 9.53 Å². The summed E-state index contributed by atoms with van der Waals surface area (Å²) in [4.78, 5) is 27.4. The van der Waals surface area contributed by atoms with Crippen molar-refractivity contribution in [1.29, 1.82) is 0 Å². The van der Waals surface area contributed by atoms with Crippen LogP contribution in [0.15, 0.2) is 42.6 Å². The van der Waals surface area contributed by atoms with Crippen molar-refractivity contribution in [2.75, 3.05) is 40.5 Å². The average Bonchev–Trinajstić information content (AvgIpc) is 2.84. The summed E-state index contributed by atoms with van der Waals surface area (Å²) >= 11 is 0. The summed E-state index contributed by atoms with van der Waals surface area (Å²) in [5.74, 6) is 0.460. The summed E-state index contributed by atoms with van der Waals surface area (Å²) < 4.78 is 26.2. The molecule has 2 aromatic heterocycles. The molecule has 37 heavy (non-hydrogen) atoms. The van der Waals surface area contributed by atoms with Crippen molar-refractivity contribution in [3.63, 3.8) is 0 Å². The molecule has 0 atom stereocenters. The van der Waals surface area contributed by atoms with Gasteiger partial charge in [-0.3, -0.25) is 4.79 Å². The number of hydrogen-bond acceptors (Lipinski definition) is 9. The van der Waals surface area contributed by atoms with Crippen LogP contribution in [0, 0.1) is 5.82 Å². The molecule has 2 fully saturated rings. The molecule has 11 heteroatoms. The smallest absolute Gasteiger partial charge is 0.269 e. The normalized spacial score (nSPS) is 19.3. The van der Waals surface area contributed by atoms with E-state index in [1.54, 1.807) is 12.1 Å². The van der Waals surface area contributed by atoms with Crippen molar-refractivity contribution in [3.05, 3.63) is 48.4 Å². The second kappa shape index (κ2) is 8.84. The molecule has 1 spiro atoms. The Morgan fingerprint density at radius 1 is 1.08 bits per heavy atom. The number of hydrogen-bond donors (Lipinski definition) is 3. The summed E-state index contributed by atoms with van der Waals surface area (Å²) in [7, 11) is 0. The van der Waals surface area contributed by atoms with E-state index in [0.29, 0.717) is 36.8 Å². The summed E-state index contributed by atoms with van der Waals surface area (Å²) in [6.07, 6.45) is 3.42. The second-order valence-corrected chi connectivity index (χ2v) is 10.2. The molecule has 1 amide bonds. The first kappa shape index (κ1) is 23.4. The molecule has 3 aromatic rings. The third-order valence-corrected chi connectivity index (χ3v) is 6.88. The minimum absolute atomic E-state index is 0.0457. The van der Waals surface area contributed by atoms with Gasteiger partial charge in [-0.1, -0.05) is 0 Å². The average molecular weight is 506 g/mol. The van der Waals surface area contributed by atoms with Gasteiger partial charge in [0.05, 0.1) is 18.4 Å². The number of anilines is 6. The van der Waals surface area contributed by atoms with E-state index in [1.807, 2.05) is 24.3 Å². The maximum absolute atomic E-state index is 14.5. The van der Waals surface area contributed by atoms with E-state index in [0.717, 1.165) is 37.1 Å². The number of ether oxygens (including phenoxy) is 2. The lowest BCUT2D eigenvalue weighted by molar-refractivity contribution is -0.140. The SMILES string of the molecule is CC1(C)CN(c2ccc(Nc3ncc(F)c(Nc4ccc5c(n4)NC(=O)C4(CCC4)O5)n3)cc2)CCO1. The Bertz CT molecular complexity index is 1340. The number of amides is 1. The van der Waals surface area contributed by atoms with Crippen molar-refractivity contribution in [3.8, 4) is 5.75 Å². The summed E-state index contributed by atoms with van der Waals surface area (Å²) in [6.45, 7) is 6.50. The fourth-order valence-electron chi connectivity index (χ4n) is 4.75. The largest absolute Gasteiger partial charge is 0.474 e. The zero-order valence-corrected chi connectivity index (χ0v) is 20.7. The maximum Gasteiger partial charge on any atom is 0.269 e. The number of benzene rings is 1. The number of halogens is 1. The van der Waals surface area contributed by atoms with Gasteiger partial charge in [-0.25, -0.2) is 14.4 Å². The number of carbonyl (C=O) groups is 1. The zero-order chi connectivity index (χ0) is 25.6. The fourth-order valence-corrected chi connectivity index (χ4v) is 4.75. The molecule has 4 heterocycles. The zero-order valence-electron chi connectivity index (χ0n) is 20.7. The number of nitrogens with one attached hydrogen (secondary N) is 3. The molecular weight excluding hydrogens is 477 g/mol. The van der Waals surface area contributed by atoms with Gasteiger partial charge in [0.25, 0.3) is 5.91 Å². The van der Waals surface area contributed by atoms with E-state index in [9.17, 15) is 9.18 Å². The van der Waals surface area contributed by atoms with Crippen LogP contribution in [0.1, 0.15) is 33.1 Å². The van der Waals surface area contributed by atoms with E-state index in [2.05, 4.69) is 49.6 Å². The third-order valence-electron chi connectivity index (χ3n) is 6.88. The molecule has 0 bridgehead atoms. The van der Waals surface area contributed by atoms with Gasteiger partial charge in [-0.15, -0.1) is 0 Å². The standard InChI is InChI=1S/C26H28FN7O3/c1-25(2)15-34(12-13-36-25)17-6-4-16(5-7-17)29-24-28-14-18(27)21(33-24)30-20-9-8-19-22(31-20)32-23(35)26(37-19)10-3-11-26/h4-9,14H,3,10-13,15H2,1-2H3,(H3,28,29,30,31,32,33,35). The molecule has 0 radical (unpaired) electrons. The van der Waals surface area contributed by atoms with Crippen LogP contribution in [0.2, 0.25) is 0 Å². The van der Waals surface area contributed by atoms with Gasteiger partial charge in [0.15, 0.2) is 28.8 Å². The van der Waals surface area contributed by atoms with Gasteiger partial charge in [0, 0.05) is 24.5 Å². The first-order valence-corrected chi connectivity index (χ1v) is 12.4. The quantitative estimate of drug-likeness (QED) is 0.465. The molecule has 3 N–H and O–H groups in total. The van der Waals surface area contributed by atoms with Crippen molar-refractivity contribution < 1.29 is 18.7 Å². The molecule has 6 rings (SSSR count). The van der Waals surface area contributed by atoms with Gasteiger partial charge in [0.2, 0.25) is 5.95 Å². The lowest BCUT2D eigenvalue weighted by Crippen LogP contribution is -2.55. The van der Waals surface area contributed by atoms with Crippen LogP contribution in [-0.4, -0.2) is 51.8 Å². The van der Waals surface area contributed by atoms with Crippen LogP contribution >= 0.6 is 0 Å². The number of pyridine rings is 1. The molecular formula is C26H28FN7O3. The monoisotopic (exact) mass is 505 g/mol. The highest BCUT2D eigenvalue weighted by Crippen LogP contribution is 2.43. The van der Waals surface area contributed by atoms with Gasteiger partial charge in [-0.2, -0.15) is 4.98 Å². The Hall–Kier alpha value is -3.99. The van der Waals surface area contributed by atoms with E-state index < -0.39 is 11.4 Å². The van der Waals surface area contributed by atoms with E-state index >= 15 is 0 Å². The summed E-state index contributed by atoms with van der Waals surface area (Å²) in [5, 5.41) is 8.79. The number of fused-ring (bicyclic) bond motifs is 1. The predicted molar refractivity (Wildman–Crippen MR) is 137 cm³/mol. The molecule has 192 valence electrons. The lowest BCUT2D eigenvalue weighted by atomic mass is 9.78. The first-order valence-electron chi connectivity index (χ1n) is 12.4.